The van der Waals surface area contributed by atoms with E-state index in [0.29, 0.717) is 28.8 Å². The first-order valence-electron chi connectivity index (χ1n) is 5.54. The molecule has 0 fully saturated rings. The predicted molar refractivity (Wildman–Crippen MR) is 71.4 cm³/mol. The van der Waals surface area contributed by atoms with Crippen LogP contribution in [0.15, 0.2) is 24.3 Å². The Morgan fingerprint density at radius 1 is 1.05 bits per heavy atom. The minimum absolute atomic E-state index is 0.129. The molecule has 2 aromatic rings. The number of hydrogen-bond donors (Lipinski definition) is 0. The molecule has 6 heteroatoms. The van der Waals surface area contributed by atoms with E-state index in [9.17, 15) is 0 Å². The van der Waals surface area contributed by atoms with E-state index in [4.69, 9.17) is 25.8 Å². The molecule has 0 bridgehead atoms. The molecule has 0 amide bonds. The van der Waals surface area contributed by atoms with Crippen LogP contribution in [0.1, 0.15) is 5.69 Å². The number of para-hydroxylation sites is 1. The SMILES string of the molecule is COc1cccc(OC)c1Oc1cc(C)nc(Cl)n1. The van der Waals surface area contributed by atoms with Gasteiger partial charge >= 0.3 is 0 Å². The van der Waals surface area contributed by atoms with Crippen LogP contribution in [0.5, 0.6) is 23.1 Å². The van der Waals surface area contributed by atoms with Crippen molar-refractivity contribution < 1.29 is 14.2 Å². The Kier molecular flexibility index (Phi) is 4.06. The fraction of sp³-hybridized carbons (Fsp3) is 0.231. The lowest BCUT2D eigenvalue weighted by atomic mass is 10.3. The van der Waals surface area contributed by atoms with E-state index in [1.165, 1.54) is 0 Å². The van der Waals surface area contributed by atoms with Crippen molar-refractivity contribution in [3.8, 4) is 23.1 Å². The van der Waals surface area contributed by atoms with E-state index in [0.717, 1.165) is 0 Å². The lowest BCUT2D eigenvalue weighted by Crippen LogP contribution is -1.97. The maximum atomic E-state index is 5.80. The second-order valence-corrected chi connectivity index (χ2v) is 4.05. The smallest absolute Gasteiger partial charge is 0.225 e. The van der Waals surface area contributed by atoms with Gasteiger partial charge in [-0.3, -0.25) is 0 Å². The molecule has 0 aliphatic carbocycles. The molecule has 0 atom stereocenters. The van der Waals surface area contributed by atoms with Crippen molar-refractivity contribution in [2.45, 2.75) is 6.92 Å². The van der Waals surface area contributed by atoms with Gasteiger partial charge in [0.25, 0.3) is 0 Å². The second kappa shape index (κ2) is 5.75. The standard InChI is InChI=1S/C13H13ClN2O3/c1-8-7-11(16-13(14)15-8)19-12-9(17-2)5-4-6-10(12)18-3/h4-7H,1-3H3. The number of aromatic nitrogens is 2. The Labute approximate surface area is 116 Å². The van der Waals surface area contributed by atoms with Crippen LogP contribution in [0.25, 0.3) is 0 Å². The van der Waals surface area contributed by atoms with Crippen LogP contribution >= 0.6 is 11.6 Å². The van der Waals surface area contributed by atoms with Crippen molar-refractivity contribution >= 4 is 11.6 Å². The molecule has 100 valence electrons. The van der Waals surface area contributed by atoms with E-state index in [2.05, 4.69) is 9.97 Å². The number of hydrogen-bond acceptors (Lipinski definition) is 5. The summed E-state index contributed by atoms with van der Waals surface area (Å²) in [4.78, 5) is 7.97. The summed E-state index contributed by atoms with van der Waals surface area (Å²) in [5, 5.41) is 0.129. The van der Waals surface area contributed by atoms with E-state index < -0.39 is 0 Å². The highest BCUT2D eigenvalue weighted by atomic mass is 35.5. The summed E-state index contributed by atoms with van der Waals surface area (Å²) in [6, 6.07) is 7.03. The summed E-state index contributed by atoms with van der Waals surface area (Å²) in [7, 11) is 3.11. The summed E-state index contributed by atoms with van der Waals surface area (Å²) in [5.41, 5.74) is 0.712. The van der Waals surface area contributed by atoms with Gasteiger partial charge in [0, 0.05) is 11.8 Å². The minimum Gasteiger partial charge on any atom is -0.493 e. The van der Waals surface area contributed by atoms with Gasteiger partial charge in [0.05, 0.1) is 14.2 Å². The maximum absolute atomic E-state index is 5.80. The van der Waals surface area contributed by atoms with Crippen LogP contribution in [0.2, 0.25) is 5.28 Å². The topological polar surface area (TPSA) is 53.5 Å². The summed E-state index contributed by atoms with van der Waals surface area (Å²) in [6.07, 6.45) is 0. The van der Waals surface area contributed by atoms with Crippen LogP contribution in [0.4, 0.5) is 0 Å². The van der Waals surface area contributed by atoms with Crippen molar-refractivity contribution in [3.05, 3.63) is 35.2 Å². The average Bonchev–Trinajstić information content (AvgIpc) is 2.37. The molecule has 2 rings (SSSR count). The molecular weight excluding hydrogens is 268 g/mol. The lowest BCUT2D eigenvalue weighted by molar-refractivity contribution is 0.341. The molecule has 1 heterocycles. The van der Waals surface area contributed by atoms with Crippen LogP contribution < -0.4 is 14.2 Å². The van der Waals surface area contributed by atoms with Gasteiger partial charge in [0.15, 0.2) is 11.5 Å². The Hall–Kier alpha value is -2.01. The number of methoxy groups -OCH3 is 2. The molecule has 0 spiro atoms. The molecular formula is C13H13ClN2O3. The number of benzene rings is 1. The van der Waals surface area contributed by atoms with Gasteiger partial charge in [-0.05, 0) is 30.7 Å². The van der Waals surface area contributed by atoms with E-state index in [1.807, 2.05) is 6.07 Å². The van der Waals surface area contributed by atoms with Gasteiger partial charge in [-0.25, -0.2) is 4.98 Å². The molecule has 1 aromatic carbocycles. The van der Waals surface area contributed by atoms with Crippen molar-refractivity contribution in [2.75, 3.05) is 14.2 Å². The highest BCUT2D eigenvalue weighted by Crippen LogP contribution is 2.39. The van der Waals surface area contributed by atoms with E-state index in [-0.39, 0.29) is 5.28 Å². The summed E-state index contributed by atoms with van der Waals surface area (Å²) < 4.78 is 16.2. The Morgan fingerprint density at radius 2 is 1.68 bits per heavy atom. The van der Waals surface area contributed by atoms with Crippen LogP contribution in [0.3, 0.4) is 0 Å². The second-order valence-electron chi connectivity index (χ2n) is 3.71. The molecule has 0 radical (unpaired) electrons. The summed E-state index contributed by atoms with van der Waals surface area (Å²) in [5.74, 6) is 1.88. The Balaban J connectivity index is 2.41. The number of nitrogens with zero attached hydrogens (tertiary/aromatic N) is 2. The highest BCUT2D eigenvalue weighted by molar-refractivity contribution is 6.28. The summed E-state index contributed by atoms with van der Waals surface area (Å²) >= 11 is 5.80. The van der Waals surface area contributed by atoms with Gasteiger partial charge < -0.3 is 14.2 Å². The number of ether oxygens (including phenoxy) is 3. The molecule has 0 unspecified atom stereocenters. The van der Waals surface area contributed by atoms with Crippen molar-refractivity contribution in [1.82, 2.24) is 9.97 Å². The van der Waals surface area contributed by atoms with Crippen molar-refractivity contribution in [1.29, 1.82) is 0 Å². The maximum Gasteiger partial charge on any atom is 0.225 e. The molecule has 0 saturated carbocycles. The third kappa shape index (κ3) is 3.06. The molecule has 0 saturated heterocycles. The minimum atomic E-state index is 0.129. The number of aryl methyl sites for hydroxylation is 1. The largest absolute Gasteiger partial charge is 0.493 e. The van der Waals surface area contributed by atoms with Gasteiger partial charge in [-0.15, -0.1) is 0 Å². The van der Waals surface area contributed by atoms with Gasteiger partial charge in [0.2, 0.25) is 16.9 Å². The van der Waals surface area contributed by atoms with Gasteiger partial charge in [-0.1, -0.05) is 6.07 Å². The zero-order valence-corrected chi connectivity index (χ0v) is 11.6. The van der Waals surface area contributed by atoms with Crippen molar-refractivity contribution in [2.24, 2.45) is 0 Å². The third-order valence-electron chi connectivity index (χ3n) is 2.39. The fourth-order valence-corrected chi connectivity index (χ4v) is 1.80. The summed E-state index contributed by atoms with van der Waals surface area (Å²) in [6.45, 7) is 1.81. The Bertz CT molecular complexity index is 548. The average molecular weight is 281 g/mol. The number of rotatable bonds is 4. The van der Waals surface area contributed by atoms with Crippen LogP contribution in [-0.2, 0) is 0 Å². The third-order valence-corrected chi connectivity index (χ3v) is 2.56. The van der Waals surface area contributed by atoms with Gasteiger partial charge in [0.1, 0.15) is 0 Å². The molecule has 5 nitrogen and oxygen atoms in total. The zero-order valence-electron chi connectivity index (χ0n) is 10.8. The van der Waals surface area contributed by atoms with Crippen LogP contribution in [0, 0.1) is 6.92 Å². The Morgan fingerprint density at radius 3 is 2.21 bits per heavy atom. The normalized spacial score (nSPS) is 10.1. The quantitative estimate of drug-likeness (QED) is 0.805. The fourth-order valence-electron chi connectivity index (χ4n) is 1.58. The van der Waals surface area contributed by atoms with Crippen LogP contribution in [-0.4, -0.2) is 24.2 Å². The monoisotopic (exact) mass is 280 g/mol. The molecule has 0 aliphatic rings. The first-order chi connectivity index (χ1) is 9.13. The highest BCUT2D eigenvalue weighted by Gasteiger charge is 2.13. The van der Waals surface area contributed by atoms with Gasteiger partial charge in [-0.2, -0.15) is 4.98 Å². The van der Waals surface area contributed by atoms with E-state index in [1.54, 1.807) is 39.3 Å². The first-order valence-corrected chi connectivity index (χ1v) is 5.92. The predicted octanol–water partition coefficient (Wildman–Crippen LogP) is 3.25. The van der Waals surface area contributed by atoms with E-state index >= 15 is 0 Å². The molecule has 1 aromatic heterocycles. The zero-order chi connectivity index (χ0) is 13.8. The lowest BCUT2D eigenvalue weighted by Gasteiger charge is -2.13. The molecule has 0 N–H and O–H groups in total. The number of halogens is 1. The van der Waals surface area contributed by atoms with Crippen molar-refractivity contribution in [3.63, 3.8) is 0 Å². The molecule has 19 heavy (non-hydrogen) atoms. The first kappa shape index (κ1) is 13.4. The molecule has 0 aliphatic heterocycles.